The number of morpholine rings is 1. The third kappa shape index (κ3) is 4.23. The molecule has 2 aromatic carbocycles. The third-order valence-corrected chi connectivity index (χ3v) is 5.88. The van der Waals surface area contributed by atoms with Crippen molar-refractivity contribution in [1.82, 2.24) is 24.6 Å². The molecule has 35 heavy (non-hydrogen) atoms. The molecule has 1 atom stereocenters. The van der Waals surface area contributed by atoms with Crippen LogP contribution in [0.15, 0.2) is 48.8 Å². The standard InChI is InChI=1S/C25H21FN6O3/c1-15(33)23-19-4-3-17(24(34)31-6-8-35-9-7-31)11-22(19)32(30-23)25-28-13-18(14-29-25)20-10-16(12-27)2-5-21(20)26/h2-5,10-11,13-15,33H,6-9H2,1H3. The molecule has 3 heterocycles. The molecule has 10 heteroatoms. The molecule has 0 spiro atoms. The van der Waals surface area contributed by atoms with Gasteiger partial charge in [-0.3, -0.25) is 4.79 Å². The van der Waals surface area contributed by atoms with Crippen molar-refractivity contribution in [3.05, 3.63) is 71.4 Å². The molecule has 4 aromatic rings. The van der Waals surface area contributed by atoms with Crippen molar-refractivity contribution in [3.63, 3.8) is 0 Å². The Hall–Kier alpha value is -4.20. The van der Waals surface area contributed by atoms with Gasteiger partial charge in [-0.25, -0.2) is 14.4 Å². The van der Waals surface area contributed by atoms with Crippen molar-refractivity contribution in [3.8, 4) is 23.1 Å². The Labute approximate surface area is 200 Å². The van der Waals surface area contributed by atoms with E-state index in [1.165, 1.54) is 35.3 Å². The Kier molecular flexibility index (Phi) is 5.94. The zero-order valence-electron chi connectivity index (χ0n) is 18.8. The summed E-state index contributed by atoms with van der Waals surface area (Å²) in [5.74, 6) is -0.420. The van der Waals surface area contributed by atoms with Crippen molar-refractivity contribution in [2.45, 2.75) is 13.0 Å². The Bertz CT molecular complexity index is 1450. The molecule has 1 unspecified atom stereocenters. The van der Waals surface area contributed by atoms with Gasteiger partial charge in [-0.05, 0) is 37.3 Å². The van der Waals surface area contributed by atoms with Gasteiger partial charge in [0.25, 0.3) is 11.9 Å². The molecule has 9 nitrogen and oxygen atoms in total. The van der Waals surface area contributed by atoms with Crippen molar-refractivity contribution in [2.75, 3.05) is 26.3 Å². The second kappa shape index (κ2) is 9.21. The number of amides is 1. The Balaban J connectivity index is 1.56. The van der Waals surface area contributed by atoms with E-state index >= 15 is 0 Å². The number of hydrogen-bond acceptors (Lipinski definition) is 7. The number of aromatic nitrogens is 4. The molecule has 0 aliphatic carbocycles. The minimum atomic E-state index is -0.860. The average molecular weight is 472 g/mol. The van der Waals surface area contributed by atoms with Crippen LogP contribution in [-0.2, 0) is 4.74 Å². The van der Waals surface area contributed by atoms with Gasteiger partial charge >= 0.3 is 0 Å². The Morgan fingerprint density at radius 1 is 1.17 bits per heavy atom. The summed E-state index contributed by atoms with van der Waals surface area (Å²) < 4.78 is 21.1. The summed E-state index contributed by atoms with van der Waals surface area (Å²) in [6.45, 7) is 3.63. The van der Waals surface area contributed by atoms with Gasteiger partial charge in [0.2, 0.25) is 0 Å². The third-order valence-electron chi connectivity index (χ3n) is 5.88. The highest BCUT2D eigenvalue weighted by atomic mass is 19.1. The van der Waals surface area contributed by atoms with Crippen LogP contribution in [0.3, 0.4) is 0 Å². The Morgan fingerprint density at radius 3 is 2.60 bits per heavy atom. The lowest BCUT2D eigenvalue weighted by Crippen LogP contribution is -2.40. The molecule has 1 fully saturated rings. The van der Waals surface area contributed by atoms with Gasteiger partial charge in [-0.2, -0.15) is 15.0 Å². The molecule has 1 aliphatic rings. The summed E-state index contributed by atoms with van der Waals surface area (Å²) in [4.78, 5) is 23.5. The quantitative estimate of drug-likeness (QED) is 0.485. The van der Waals surface area contributed by atoms with Crippen LogP contribution >= 0.6 is 0 Å². The summed E-state index contributed by atoms with van der Waals surface area (Å²) in [7, 11) is 0. The highest BCUT2D eigenvalue weighted by Crippen LogP contribution is 2.28. The predicted octanol–water partition coefficient (Wildman–Crippen LogP) is 3.02. The number of aliphatic hydroxyl groups excluding tert-OH is 1. The molecule has 2 aromatic heterocycles. The minimum absolute atomic E-state index is 0.120. The number of aliphatic hydroxyl groups is 1. The van der Waals surface area contributed by atoms with E-state index in [0.717, 1.165) is 0 Å². The lowest BCUT2D eigenvalue weighted by molar-refractivity contribution is 0.0303. The first kappa shape index (κ1) is 22.6. The van der Waals surface area contributed by atoms with Crippen molar-refractivity contribution < 1.29 is 19.0 Å². The minimum Gasteiger partial charge on any atom is -0.387 e. The molecule has 0 radical (unpaired) electrons. The van der Waals surface area contributed by atoms with Gasteiger partial charge in [0.15, 0.2) is 0 Å². The van der Waals surface area contributed by atoms with Crippen LogP contribution in [0.4, 0.5) is 4.39 Å². The van der Waals surface area contributed by atoms with Crippen LogP contribution in [0, 0.1) is 17.1 Å². The van der Waals surface area contributed by atoms with Gasteiger partial charge in [-0.1, -0.05) is 6.07 Å². The largest absolute Gasteiger partial charge is 0.387 e. The topological polar surface area (TPSA) is 117 Å². The lowest BCUT2D eigenvalue weighted by atomic mass is 10.1. The van der Waals surface area contributed by atoms with Crippen molar-refractivity contribution in [1.29, 1.82) is 5.26 Å². The summed E-state index contributed by atoms with van der Waals surface area (Å²) in [5.41, 5.74) is 2.39. The number of rotatable bonds is 4. The number of ether oxygens (including phenoxy) is 1. The number of nitriles is 1. The van der Waals surface area contributed by atoms with Crippen molar-refractivity contribution >= 4 is 16.8 Å². The van der Waals surface area contributed by atoms with Crippen LogP contribution in [0.25, 0.3) is 28.0 Å². The molecule has 1 aliphatic heterocycles. The first-order chi connectivity index (χ1) is 17.0. The maximum atomic E-state index is 14.3. The van der Waals surface area contributed by atoms with E-state index in [0.29, 0.717) is 59.6 Å². The second-order valence-corrected chi connectivity index (χ2v) is 8.19. The van der Waals surface area contributed by atoms with Gasteiger partial charge in [0, 0.05) is 47.6 Å². The van der Waals surface area contributed by atoms with Crippen LogP contribution in [0.1, 0.15) is 34.6 Å². The van der Waals surface area contributed by atoms with E-state index in [1.807, 2.05) is 6.07 Å². The van der Waals surface area contributed by atoms with E-state index < -0.39 is 11.9 Å². The fourth-order valence-corrected chi connectivity index (χ4v) is 4.07. The average Bonchev–Trinajstić information content (AvgIpc) is 3.28. The van der Waals surface area contributed by atoms with Gasteiger partial charge in [0.05, 0.1) is 42.2 Å². The van der Waals surface area contributed by atoms with Gasteiger partial charge in [0.1, 0.15) is 5.82 Å². The number of fused-ring (bicyclic) bond motifs is 1. The SMILES string of the molecule is CC(O)c1nn(-c2ncc(-c3cc(C#N)ccc3F)cn2)c2cc(C(=O)N3CCOCC3)ccc12. The van der Waals surface area contributed by atoms with Gasteiger partial charge < -0.3 is 14.7 Å². The summed E-state index contributed by atoms with van der Waals surface area (Å²) >= 11 is 0. The summed E-state index contributed by atoms with van der Waals surface area (Å²) in [6, 6.07) is 11.2. The fourth-order valence-electron chi connectivity index (χ4n) is 4.07. The molecule has 5 rings (SSSR count). The van der Waals surface area contributed by atoms with E-state index in [1.54, 1.807) is 30.0 Å². The number of carbonyl (C=O) groups excluding carboxylic acids is 1. The molecule has 176 valence electrons. The highest BCUT2D eigenvalue weighted by Gasteiger charge is 2.22. The van der Waals surface area contributed by atoms with Crippen LogP contribution in [-0.4, -0.2) is 62.0 Å². The molecule has 1 N–H and O–H groups in total. The van der Waals surface area contributed by atoms with Crippen LogP contribution in [0.5, 0.6) is 0 Å². The smallest absolute Gasteiger partial charge is 0.254 e. The summed E-state index contributed by atoms with van der Waals surface area (Å²) in [5, 5.41) is 24.5. The first-order valence-electron chi connectivity index (χ1n) is 11.1. The van der Waals surface area contributed by atoms with E-state index in [2.05, 4.69) is 15.1 Å². The predicted molar refractivity (Wildman–Crippen MR) is 124 cm³/mol. The first-order valence-corrected chi connectivity index (χ1v) is 11.1. The number of hydrogen-bond donors (Lipinski definition) is 1. The maximum absolute atomic E-state index is 14.3. The highest BCUT2D eigenvalue weighted by molar-refractivity contribution is 5.98. The molecular formula is C25H21FN6O3. The maximum Gasteiger partial charge on any atom is 0.254 e. The number of carbonyl (C=O) groups is 1. The second-order valence-electron chi connectivity index (χ2n) is 8.19. The number of benzene rings is 2. The summed E-state index contributed by atoms with van der Waals surface area (Å²) in [6.07, 6.45) is 2.03. The molecule has 1 amide bonds. The molecule has 0 bridgehead atoms. The zero-order valence-corrected chi connectivity index (χ0v) is 18.8. The Morgan fingerprint density at radius 2 is 1.91 bits per heavy atom. The van der Waals surface area contributed by atoms with E-state index in [-0.39, 0.29) is 17.4 Å². The van der Waals surface area contributed by atoms with E-state index in [4.69, 9.17) is 10.00 Å². The van der Waals surface area contributed by atoms with Gasteiger partial charge in [-0.15, -0.1) is 0 Å². The number of halogens is 1. The van der Waals surface area contributed by atoms with Crippen LogP contribution in [0.2, 0.25) is 0 Å². The van der Waals surface area contributed by atoms with Crippen molar-refractivity contribution in [2.24, 2.45) is 0 Å². The fraction of sp³-hybridized carbons (Fsp3) is 0.240. The molecule has 0 saturated carbocycles. The normalized spacial score (nSPS) is 14.6. The lowest BCUT2D eigenvalue weighted by Gasteiger charge is -2.26. The van der Waals surface area contributed by atoms with E-state index in [9.17, 15) is 14.3 Å². The number of nitrogens with zero attached hydrogens (tertiary/aromatic N) is 6. The van der Waals surface area contributed by atoms with Crippen LogP contribution < -0.4 is 0 Å². The zero-order chi connectivity index (χ0) is 24.5. The molecule has 1 saturated heterocycles. The molecular weight excluding hydrogens is 451 g/mol. The monoisotopic (exact) mass is 472 g/mol.